The molecule has 1 atom stereocenters. The fourth-order valence-electron chi connectivity index (χ4n) is 2.84. The molecule has 0 aliphatic carbocycles. The fraction of sp³-hybridized carbons (Fsp3) is 0.500. The van der Waals surface area contributed by atoms with Gasteiger partial charge in [-0.25, -0.2) is 4.79 Å². The van der Waals surface area contributed by atoms with Crippen LogP contribution in [0.25, 0.3) is 0 Å². The van der Waals surface area contributed by atoms with E-state index in [1.165, 1.54) is 0 Å². The van der Waals surface area contributed by atoms with E-state index in [-0.39, 0.29) is 18.7 Å². The van der Waals surface area contributed by atoms with Gasteiger partial charge in [0.25, 0.3) is 5.89 Å². The van der Waals surface area contributed by atoms with Gasteiger partial charge in [-0.1, -0.05) is 18.0 Å². The number of hydrogen-bond acceptors (Lipinski definition) is 6. The van der Waals surface area contributed by atoms with Gasteiger partial charge in [0, 0.05) is 31.7 Å². The Morgan fingerprint density at radius 2 is 2.21 bits per heavy atom. The third-order valence-electron chi connectivity index (χ3n) is 3.99. The molecule has 1 aliphatic heterocycles. The van der Waals surface area contributed by atoms with Gasteiger partial charge >= 0.3 is 6.03 Å². The van der Waals surface area contributed by atoms with Crippen molar-refractivity contribution in [2.24, 2.45) is 0 Å². The van der Waals surface area contributed by atoms with Crippen LogP contribution in [0.5, 0.6) is 0 Å². The van der Waals surface area contributed by atoms with E-state index in [1.807, 2.05) is 0 Å². The second kappa shape index (κ2) is 7.87. The van der Waals surface area contributed by atoms with Crippen LogP contribution in [-0.4, -0.2) is 39.7 Å². The summed E-state index contributed by atoms with van der Waals surface area (Å²) in [5.41, 5.74) is 0.714. The molecule has 2 amide bonds. The Morgan fingerprint density at radius 1 is 1.38 bits per heavy atom. The van der Waals surface area contributed by atoms with Gasteiger partial charge in [-0.3, -0.25) is 4.98 Å². The van der Waals surface area contributed by atoms with Gasteiger partial charge < -0.3 is 19.5 Å². The van der Waals surface area contributed by atoms with Gasteiger partial charge in [-0.15, -0.1) is 0 Å². The molecule has 8 nitrogen and oxygen atoms in total. The number of carbonyl (C=O) groups is 1. The topological polar surface area (TPSA) is 93.4 Å². The maximum absolute atomic E-state index is 12.7. The highest BCUT2D eigenvalue weighted by Crippen LogP contribution is 2.29. The Labute approximate surface area is 140 Å². The molecule has 2 aromatic heterocycles. The molecular weight excluding hydrogens is 310 g/mol. The highest BCUT2D eigenvalue weighted by Gasteiger charge is 2.30. The number of likely N-dealkylation sites (tertiary alicyclic amines) is 1. The van der Waals surface area contributed by atoms with Crippen LogP contribution in [0.4, 0.5) is 10.5 Å². The number of amides is 2. The number of hydrogen-bond donors (Lipinski definition) is 1. The molecule has 3 heterocycles. The summed E-state index contributed by atoms with van der Waals surface area (Å²) < 4.78 is 10.2. The third-order valence-corrected chi connectivity index (χ3v) is 3.99. The van der Waals surface area contributed by atoms with Crippen molar-refractivity contribution in [2.75, 3.05) is 19.0 Å². The van der Waals surface area contributed by atoms with E-state index in [9.17, 15) is 4.79 Å². The van der Waals surface area contributed by atoms with Crippen LogP contribution in [0.2, 0.25) is 0 Å². The highest BCUT2D eigenvalue weighted by atomic mass is 16.5. The van der Waals surface area contributed by atoms with Crippen LogP contribution >= 0.6 is 0 Å². The molecule has 1 fully saturated rings. The number of ether oxygens (including phenoxy) is 1. The zero-order chi connectivity index (χ0) is 16.8. The minimum Gasteiger partial charge on any atom is -0.375 e. The molecule has 8 heteroatoms. The Bertz CT molecular complexity index is 661. The van der Waals surface area contributed by atoms with Crippen molar-refractivity contribution in [1.82, 2.24) is 20.0 Å². The molecule has 0 bridgehead atoms. The van der Waals surface area contributed by atoms with Gasteiger partial charge in [0.1, 0.15) is 6.61 Å². The van der Waals surface area contributed by atoms with Gasteiger partial charge in [0.2, 0.25) is 0 Å². The lowest BCUT2D eigenvalue weighted by molar-refractivity contribution is 0.151. The largest absolute Gasteiger partial charge is 0.375 e. The molecule has 0 radical (unpaired) electrons. The predicted octanol–water partition coefficient (Wildman–Crippen LogP) is 2.76. The highest BCUT2D eigenvalue weighted by molar-refractivity contribution is 5.89. The van der Waals surface area contributed by atoms with Gasteiger partial charge in [-0.2, -0.15) is 4.98 Å². The molecule has 0 unspecified atom stereocenters. The van der Waals surface area contributed by atoms with Crippen LogP contribution in [-0.2, 0) is 11.3 Å². The molecule has 2 aromatic rings. The average molecular weight is 331 g/mol. The molecule has 0 spiro atoms. The first-order chi connectivity index (χ1) is 11.8. The second-order valence-electron chi connectivity index (χ2n) is 5.70. The van der Waals surface area contributed by atoms with Gasteiger partial charge in [-0.05, 0) is 25.0 Å². The van der Waals surface area contributed by atoms with E-state index in [0.29, 0.717) is 23.9 Å². The predicted molar refractivity (Wildman–Crippen MR) is 86.2 cm³/mol. The van der Waals surface area contributed by atoms with E-state index < -0.39 is 0 Å². The Morgan fingerprint density at radius 3 is 3.00 bits per heavy atom. The van der Waals surface area contributed by atoms with E-state index in [4.69, 9.17) is 9.26 Å². The van der Waals surface area contributed by atoms with Crippen molar-refractivity contribution in [1.29, 1.82) is 0 Å². The molecule has 3 rings (SSSR count). The minimum absolute atomic E-state index is 0.161. The Kier molecular flexibility index (Phi) is 5.37. The first kappa shape index (κ1) is 16.4. The summed E-state index contributed by atoms with van der Waals surface area (Å²) in [7, 11) is 1.57. The fourth-order valence-corrected chi connectivity index (χ4v) is 2.84. The normalized spacial score (nSPS) is 18.2. The molecule has 1 saturated heterocycles. The van der Waals surface area contributed by atoms with Crippen LogP contribution in [0, 0.1) is 0 Å². The summed E-state index contributed by atoms with van der Waals surface area (Å²) in [5.74, 6) is 0.958. The van der Waals surface area contributed by atoms with E-state index in [0.717, 1.165) is 25.7 Å². The number of pyridine rings is 1. The molecule has 1 aliphatic rings. The maximum Gasteiger partial charge on any atom is 0.322 e. The Balaban J connectivity index is 1.77. The number of anilines is 1. The smallest absolute Gasteiger partial charge is 0.322 e. The van der Waals surface area contributed by atoms with Crippen molar-refractivity contribution >= 4 is 11.7 Å². The summed E-state index contributed by atoms with van der Waals surface area (Å²) in [6.07, 6.45) is 7.17. The molecule has 0 aromatic carbocycles. The first-order valence-electron chi connectivity index (χ1n) is 8.07. The van der Waals surface area contributed by atoms with E-state index in [2.05, 4.69) is 20.4 Å². The summed E-state index contributed by atoms with van der Waals surface area (Å²) >= 11 is 0. The van der Waals surface area contributed by atoms with Gasteiger partial charge in [0.15, 0.2) is 5.82 Å². The van der Waals surface area contributed by atoms with E-state index >= 15 is 0 Å². The zero-order valence-electron chi connectivity index (χ0n) is 13.6. The average Bonchev–Trinajstić information content (AvgIpc) is 2.91. The van der Waals surface area contributed by atoms with Crippen molar-refractivity contribution in [3.05, 3.63) is 36.2 Å². The third kappa shape index (κ3) is 3.88. The molecule has 24 heavy (non-hydrogen) atoms. The number of carbonyl (C=O) groups excluding carboxylic acids is 1. The number of rotatable bonds is 4. The lowest BCUT2D eigenvalue weighted by Gasteiger charge is -2.27. The number of aromatic nitrogens is 3. The Hall–Kier alpha value is -2.48. The summed E-state index contributed by atoms with van der Waals surface area (Å²) in [6.45, 7) is 0.929. The molecule has 0 saturated carbocycles. The lowest BCUT2D eigenvalue weighted by Crippen LogP contribution is -2.38. The van der Waals surface area contributed by atoms with Crippen LogP contribution in [0.3, 0.4) is 0 Å². The molecular formula is C16H21N5O3. The summed E-state index contributed by atoms with van der Waals surface area (Å²) in [4.78, 5) is 22.8. The van der Waals surface area contributed by atoms with Crippen LogP contribution in [0.1, 0.15) is 43.4 Å². The number of nitrogens with zero attached hydrogens (tertiary/aromatic N) is 4. The number of nitrogens with one attached hydrogen (secondary N) is 1. The molecule has 1 N–H and O–H groups in total. The lowest BCUT2D eigenvalue weighted by atomic mass is 10.1. The number of urea groups is 1. The SMILES string of the molecule is COCc1nc([C@@H]2CCCCCN2C(=O)Nc2ccncc2)no1. The monoisotopic (exact) mass is 331 g/mol. The maximum atomic E-state index is 12.7. The first-order valence-corrected chi connectivity index (χ1v) is 8.07. The van der Waals surface area contributed by atoms with Gasteiger partial charge in [0.05, 0.1) is 6.04 Å². The van der Waals surface area contributed by atoms with Crippen molar-refractivity contribution in [3.8, 4) is 0 Å². The molecule has 128 valence electrons. The van der Waals surface area contributed by atoms with Crippen LogP contribution in [0.15, 0.2) is 29.0 Å². The minimum atomic E-state index is -0.191. The van der Waals surface area contributed by atoms with Crippen molar-refractivity contribution < 1.29 is 14.1 Å². The second-order valence-corrected chi connectivity index (χ2v) is 5.70. The quantitative estimate of drug-likeness (QED) is 0.926. The number of methoxy groups -OCH3 is 1. The van der Waals surface area contributed by atoms with E-state index in [1.54, 1.807) is 36.5 Å². The summed E-state index contributed by atoms with van der Waals surface area (Å²) in [6, 6.07) is 3.17. The van der Waals surface area contributed by atoms with Crippen molar-refractivity contribution in [2.45, 2.75) is 38.3 Å². The standard InChI is InChI=1S/C16H21N5O3/c1-23-11-14-19-15(20-24-14)13-5-3-2-4-10-21(13)16(22)18-12-6-8-17-9-7-12/h6-9,13H,2-5,10-11H2,1H3,(H,17,18,22)/t13-/m0/s1. The van der Waals surface area contributed by atoms with Crippen LogP contribution < -0.4 is 5.32 Å². The van der Waals surface area contributed by atoms with Crippen molar-refractivity contribution in [3.63, 3.8) is 0 Å². The summed E-state index contributed by atoms with van der Waals surface area (Å²) in [5, 5.41) is 6.95. The zero-order valence-corrected chi connectivity index (χ0v) is 13.6.